The zero-order valence-electron chi connectivity index (χ0n) is 10.2. The second-order valence-corrected chi connectivity index (χ2v) is 4.20. The number of anilines is 1. The van der Waals surface area contributed by atoms with Crippen LogP contribution < -0.4 is 5.73 Å². The van der Waals surface area contributed by atoms with E-state index in [1.54, 1.807) is 30.3 Å². The van der Waals surface area contributed by atoms with E-state index in [9.17, 15) is 5.11 Å². The summed E-state index contributed by atoms with van der Waals surface area (Å²) in [5.74, 6) is 0.944. The lowest BCUT2D eigenvalue weighted by atomic mass is 10.2. The van der Waals surface area contributed by atoms with Gasteiger partial charge in [-0.15, -0.1) is 5.10 Å². The van der Waals surface area contributed by atoms with Crippen molar-refractivity contribution in [1.29, 1.82) is 0 Å². The van der Waals surface area contributed by atoms with Crippen molar-refractivity contribution in [3.63, 3.8) is 0 Å². The number of aromatic nitrogens is 3. The maximum Gasteiger partial charge on any atom is 0.172 e. The number of benzene rings is 1. The largest absolute Gasteiger partial charge is 0.506 e. The predicted molar refractivity (Wildman–Crippen MR) is 69.9 cm³/mol. The topological polar surface area (TPSA) is 90.1 Å². The summed E-state index contributed by atoms with van der Waals surface area (Å²) in [5, 5.41) is 17.8. The van der Waals surface area contributed by atoms with Gasteiger partial charge in [0.1, 0.15) is 11.4 Å². The summed E-state index contributed by atoms with van der Waals surface area (Å²) in [4.78, 5) is 0. The second-order valence-electron chi connectivity index (χ2n) is 4.20. The molecule has 0 atom stereocenters. The second kappa shape index (κ2) is 4.16. The molecule has 0 aliphatic heterocycles. The van der Waals surface area contributed by atoms with E-state index >= 15 is 0 Å². The Morgan fingerprint density at radius 3 is 2.89 bits per heavy atom. The van der Waals surface area contributed by atoms with Crippen molar-refractivity contribution < 1.29 is 9.52 Å². The fraction of sp³-hybridized carbons (Fsp3) is 0.0769. The number of nitrogens with two attached hydrogens (primary N) is 1. The molecule has 0 radical (unpaired) electrons. The van der Waals surface area contributed by atoms with Crippen molar-refractivity contribution in [3.05, 3.63) is 42.2 Å². The van der Waals surface area contributed by atoms with Crippen LogP contribution in [0.15, 0.2) is 41.0 Å². The Labute approximate surface area is 109 Å². The van der Waals surface area contributed by atoms with Crippen molar-refractivity contribution in [2.45, 2.75) is 6.92 Å². The summed E-state index contributed by atoms with van der Waals surface area (Å²) in [6, 6.07) is 8.68. The molecule has 96 valence electrons. The Bertz CT molecular complexity index is 716. The number of nitrogens with zero attached hydrogens (tertiary/aromatic N) is 3. The molecule has 0 unspecified atom stereocenters. The number of nitrogen functional groups attached to an aromatic ring is 1. The van der Waals surface area contributed by atoms with Crippen LogP contribution in [0, 0.1) is 6.92 Å². The van der Waals surface area contributed by atoms with Crippen LogP contribution in [0.3, 0.4) is 0 Å². The van der Waals surface area contributed by atoms with Crippen LogP contribution in [0.25, 0.3) is 17.1 Å². The van der Waals surface area contributed by atoms with Gasteiger partial charge in [-0.25, -0.2) is 0 Å². The van der Waals surface area contributed by atoms with Gasteiger partial charge in [0.05, 0.1) is 6.26 Å². The molecule has 0 saturated heterocycles. The quantitative estimate of drug-likeness (QED) is 0.733. The molecule has 2 heterocycles. The average molecular weight is 256 g/mol. The first kappa shape index (κ1) is 11.3. The number of furan rings is 1. The summed E-state index contributed by atoms with van der Waals surface area (Å²) in [7, 11) is 0. The molecule has 3 N–H and O–H groups in total. The number of aryl methyl sites for hydroxylation is 1. The lowest BCUT2D eigenvalue weighted by Crippen LogP contribution is -2.03. The maximum absolute atomic E-state index is 9.89. The Morgan fingerprint density at radius 1 is 1.32 bits per heavy atom. The number of hydrogen-bond donors (Lipinski definition) is 2. The van der Waals surface area contributed by atoms with E-state index in [1.807, 2.05) is 6.92 Å². The zero-order chi connectivity index (χ0) is 13.4. The predicted octanol–water partition coefficient (Wildman–Crippen LogP) is 2.12. The molecule has 0 amide bonds. The number of phenols is 1. The number of rotatable bonds is 2. The smallest absolute Gasteiger partial charge is 0.172 e. The molecule has 0 fully saturated rings. The van der Waals surface area contributed by atoms with Crippen molar-refractivity contribution in [2.75, 3.05) is 5.73 Å². The Kier molecular flexibility index (Phi) is 2.49. The molecule has 1 aromatic carbocycles. The average Bonchev–Trinajstić information content (AvgIpc) is 3.01. The maximum atomic E-state index is 9.89. The van der Waals surface area contributed by atoms with Gasteiger partial charge in [0, 0.05) is 0 Å². The molecule has 0 aliphatic rings. The van der Waals surface area contributed by atoms with Gasteiger partial charge in [0.15, 0.2) is 17.3 Å². The molecule has 0 aliphatic carbocycles. The van der Waals surface area contributed by atoms with Gasteiger partial charge in [-0.05, 0) is 36.8 Å². The van der Waals surface area contributed by atoms with Crippen LogP contribution in [0.1, 0.15) is 5.56 Å². The van der Waals surface area contributed by atoms with Gasteiger partial charge in [-0.1, -0.05) is 11.3 Å². The van der Waals surface area contributed by atoms with Crippen molar-refractivity contribution in [2.24, 2.45) is 0 Å². The Morgan fingerprint density at radius 2 is 2.16 bits per heavy atom. The molecular weight excluding hydrogens is 244 g/mol. The van der Waals surface area contributed by atoms with E-state index in [2.05, 4.69) is 10.3 Å². The molecule has 19 heavy (non-hydrogen) atoms. The highest BCUT2D eigenvalue weighted by Gasteiger charge is 2.16. The molecule has 2 aromatic heterocycles. The molecule has 0 bridgehead atoms. The van der Waals surface area contributed by atoms with Crippen LogP contribution in [-0.4, -0.2) is 20.1 Å². The lowest BCUT2D eigenvalue weighted by Gasteiger charge is -2.06. The van der Waals surface area contributed by atoms with Crippen molar-refractivity contribution >= 4 is 5.82 Å². The third-order valence-electron chi connectivity index (χ3n) is 2.82. The molecule has 0 spiro atoms. The van der Waals surface area contributed by atoms with Crippen molar-refractivity contribution in [3.8, 4) is 22.9 Å². The summed E-state index contributed by atoms with van der Waals surface area (Å²) in [6.07, 6.45) is 1.54. The molecule has 3 aromatic rings. The van der Waals surface area contributed by atoms with Gasteiger partial charge in [-0.2, -0.15) is 4.68 Å². The Balaban J connectivity index is 2.15. The first-order chi connectivity index (χ1) is 9.16. The fourth-order valence-corrected chi connectivity index (χ4v) is 1.86. The molecule has 0 saturated carbocycles. The lowest BCUT2D eigenvalue weighted by molar-refractivity contribution is 0.470. The van der Waals surface area contributed by atoms with Crippen LogP contribution in [0.4, 0.5) is 5.82 Å². The van der Waals surface area contributed by atoms with E-state index in [0.29, 0.717) is 23.0 Å². The first-order valence-electron chi connectivity index (χ1n) is 5.72. The number of hydrogen-bond acceptors (Lipinski definition) is 5. The number of phenolic OH excluding ortho intramolecular Hbond substituents is 1. The van der Waals surface area contributed by atoms with E-state index < -0.39 is 0 Å². The highest BCUT2D eigenvalue weighted by atomic mass is 16.3. The van der Waals surface area contributed by atoms with E-state index in [1.165, 1.54) is 10.9 Å². The Hall–Kier alpha value is -2.76. The third kappa shape index (κ3) is 1.83. The molecule has 6 heteroatoms. The minimum absolute atomic E-state index is 0.0909. The first-order valence-corrected chi connectivity index (χ1v) is 5.72. The number of aromatic hydroxyl groups is 1. The van der Waals surface area contributed by atoms with Crippen LogP contribution in [-0.2, 0) is 0 Å². The van der Waals surface area contributed by atoms with Gasteiger partial charge < -0.3 is 15.3 Å². The minimum atomic E-state index is 0.0909. The normalized spacial score (nSPS) is 10.8. The fourth-order valence-electron chi connectivity index (χ4n) is 1.86. The van der Waals surface area contributed by atoms with Crippen LogP contribution in [0.5, 0.6) is 5.75 Å². The summed E-state index contributed by atoms with van der Waals surface area (Å²) in [5.41, 5.74) is 7.94. The van der Waals surface area contributed by atoms with Gasteiger partial charge in [-0.3, -0.25) is 0 Å². The summed E-state index contributed by atoms with van der Waals surface area (Å²) >= 11 is 0. The van der Waals surface area contributed by atoms with Crippen molar-refractivity contribution in [1.82, 2.24) is 15.0 Å². The van der Waals surface area contributed by atoms with Crippen LogP contribution >= 0.6 is 0 Å². The summed E-state index contributed by atoms with van der Waals surface area (Å²) < 4.78 is 6.63. The van der Waals surface area contributed by atoms with E-state index in [0.717, 1.165) is 5.56 Å². The van der Waals surface area contributed by atoms with Crippen LogP contribution in [0.2, 0.25) is 0 Å². The minimum Gasteiger partial charge on any atom is -0.506 e. The van der Waals surface area contributed by atoms with E-state index in [4.69, 9.17) is 10.2 Å². The third-order valence-corrected chi connectivity index (χ3v) is 2.82. The van der Waals surface area contributed by atoms with Gasteiger partial charge in [0.25, 0.3) is 0 Å². The molecular formula is C13H12N4O2. The SMILES string of the molecule is Cc1ccc(O)c(-n2nnc(-c3ccco3)c2N)c1. The zero-order valence-corrected chi connectivity index (χ0v) is 10.2. The molecule has 3 rings (SSSR count). The van der Waals surface area contributed by atoms with Gasteiger partial charge in [0.2, 0.25) is 0 Å². The molecule has 6 nitrogen and oxygen atoms in total. The van der Waals surface area contributed by atoms with Gasteiger partial charge >= 0.3 is 0 Å². The highest BCUT2D eigenvalue weighted by molar-refractivity contribution is 5.67. The van der Waals surface area contributed by atoms with E-state index in [-0.39, 0.29) is 5.75 Å². The summed E-state index contributed by atoms with van der Waals surface area (Å²) in [6.45, 7) is 1.92. The monoisotopic (exact) mass is 256 g/mol. The highest BCUT2D eigenvalue weighted by Crippen LogP contribution is 2.29. The standard InChI is InChI=1S/C13H12N4O2/c1-8-4-5-10(18)9(7-8)17-13(14)12(15-16-17)11-3-2-6-19-11/h2-7,18H,14H2,1H3.